The molecule has 0 bridgehead atoms. The highest BCUT2D eigenvalue weighted by Gasteiger charge is 2.10. The average Bonchev–Trinajstić information content (AvgIpc) is 2.77. The van der Waals surface area contributed by atoms with Gasteiger partial charge < -0.3 is 11.1 Å². The van der Waals surface area contributed by atoms with Crippen molar-refractivity contribution in [2.45, 2.75) is 13.5 Å². The molecule has 1 aromatic carbocycles. The van der Waals surface area contributed by atoms with Crippen LogP contribution in [0.25, 0.3) is 0 Å². The van der Waals surface area contributed by atoms with E-state index < -0.39 is 0 Å². The molecular weight excluding hydrogens is 258 g/mol. The van der Waals surface area contributed by atoms with Crippen molar-refractivity contribution in [3.05, 3.63) is 51.2 Å². The molecule has 1 amide bonds. The van der Waals surface area contributed by atoms with Crippen molar-refractivity contribution in [3.63, 3.8) is 0 Å². The van der Waals surface area contributed by atoms with Gasteiger partial charge in [-0.15, -0.1) is 11.3 Å². The lowest BCUT2D eigenvalue weighted by Crippen LogP contribution is -2.21. The largest absolute Gasteiger partial charge is 0.398 e. The molecule has 0 saturated heterocycles. The summed E-state index contributed by atoms with van der Waals surface area (Å²) in [7, 11) is 0. The van der Waals surface area contributed by atoms with Crippen LogP contribution in [0.1, 0.15) is 25.7 Å². The number of amides is 1. The molecular formula is C14H13N3OS. The molecule has 0 saturated carbocycles. The minimum Gasteiger partial charge on any atom is -0.398 e. The monoisotopic (exact) mass is 271 g/mol. The number of nitrogens with zero attached hydrogens (tertiary/aromatic N) is 1. The van der Waals surface area contributed by atoms with Gasteiger partial charge in [-0.2, -0.15) is 5.26 Å². The molecule has 0 spiro atoms. The van der Waals surface area contributed by atoms with E-state index in [9.17, 15) is 4.79 Å². The summed E-state index contributed by atoms with van der Waals surface area (Å²) in [5.74, 6) is -0.130. The van der Waals surface area contributed by atoms with Crippen LogP contribution in [0.5, 0.6) is 0 Å². The maximum Gasteiger partial charge on any atom is 0.261 e. The zero-order valence-corrected chi connectivity index (χ0v) is 11.3. The number of hydrogen-bond donors (Lipinski definition) is 2. The molecule has 0 aliphatic heterocycles. The maximum absolute atomic E-state index is 11.9. The second-order valence-corrected chi connectivity index (χ2v) is 5.37. The molecule has 0 aliphatic carbocycles. The van der Waals surface area contributed by atoms with Crippen LogP contribution in [0.3, 0.4) is 0 Å². The van der Waals surface area contributed by atoms with Gasteiger partial charge in [-0.05, 0) is 30.7 Å². The van der Waals surface area contributed by atoms with Crippen LogP contribution >= 0.6 is 11.3 Å². The number of anilines is 1. The Kier molecular flexibility index (Phi) is 3.83. The summed E-state index contributed by atoms with van der Waals surface area (Å²) < 4.78 is 0. The number of benzene rings is 1. The van der Waals surface area contributed by atoms with Crippen molar-refractivity contribution in [2.75, 3.05) is 5.73 Å². The van der Waals surface area contributed by atoms with Gasteiger partial charge in [0.25, 0.3) is 5.91 Å². The molecule has 5 heteroatoms. The summed E-state index contributed by atoms with van der Waals surface area (Å²) in [5.41, 5.74) is 7.92. The Bertz CT molecular complexity index is 618. The molecule has 0 unspecified atom stereocenters. The fourth-order valence-electron chi connectivity index (χ4n) is 1.57. The maximum atomic E-state index is 11.9. The average molecular weight is 271 g/mol. The minimum atomic E-state index is -0.130. The van der Waals surface area contributed by atoms with Crippen molar-refractivity contribution in [1.29, 1.82) is 5.26 Å². The summed E-state index contributed by atoms with van der Waals surface area (Å²) >= 11 is 1.38. The molecule has 0 aliphatic rings. The fourth-order valence-corrected chi connectivity index (χ4v) is 2.43. The smallest absolute Gasteiger partial charge is 0.261 e. The minimum absolute atomic E-state index is 0.130. The second-order valence-electron chi connectivity index (χ2n) is 4.11. The van der Waals surface area contributed by atoms with E-state index in [0.717, 1.165) is 10.4 Å². The first-order valence-electron chi connectivity index (χ1n) is 5.73. The first-order chi connectivity index (χ1) is 9.10. The van der Waals surface area contributed by atoms with Crippen molar-refractivity contribution in [3.8, 4) is 6.07 Å². The number of nitrogens with one attached hydrogen (secondary N) is 1. The Hall–Kier alpha value is -2.32. The molecule has 1 heterocycles. The summed E-state index contributed by atoms with van der Waals surface area (Å²) in [6.45, 7) is 2.32. The molecule has 3 N–H and O–H groups in total. The standard InChI is InChI=1S/C14H13N3OS/c1-9-12(16)6-13(19-9)14(18)17-8-11-4-2-10(7-15)3-5-11/h2-6H,8,16H2,1H3,(H,17,18). The third kappa shape index (κ3) is 3.12. The highest BCUT2D eigenvalue weighted by Crippen LogP contribution is 2.23. The van der Waals surface area contributed by atoms with E-state index in [0.29, 0.717) is 22.7 Å². The zero-order chi connectivity index (χ0) is 13.8. The van der Waals surface area contributed by atoms with Crippen molar-refractivity contribution >= 4 is 22.9 Å². The lowest BCUT2D eigenvalue weighted by Gasteiger charge is -2.03. The van der Waals surface area contributed by atoms with Crippen LogP contribution in [-0.2, 0) is 6.54 Å². The van der Waals surface area contributed by atoms with E-state index in [1.54, 1.807) is 18.2 Å². The topological polar surface area (TPSA) is 78.9 Å². The molecule has 0 atom stereocenters. The van der Waals surface area contributed by atoms with Crippen LogP contribution in [0.4, 0.5) is 5.69 Å². The number of carbonyl (C=O) groups excluding carboxylic acids is 1. The molecule has 2 aromatic rings. The third-order valence-electron chi connectivity index (χ3n) is 2.72. The van der Waals surface area contributed by atoms with Crippen molar-refractivity contribution in [1.82, 2.24) is 5.32 Å². The van der Waals surface area contributed by atoms with Gasteiger partial charge in [-0.25, -0.2) is 0 Å². The SMILES string of the molecule is Cc1sc(C(=O)NCc2ccc(C#N)cc2)cc1N. The normalized spacial score (nSPS) is 9.89. The van der Waals surface area contributed by atoms with E-state index in [2.05, 4.69) is 11.4 Å². The van der Waals surface area contributed by atoms with Gasteiger partial charge in [0.1, 0.15) is 0 Å². The molecule has 96 valence electrons. The number of aryl methyl sites for hydroxylation is 1. The fraction of sp³-hybridized carbons (Fsp3) is 0.143. The predicted molar refractivity (Wildman–Crippen MR) is 75.8 cm³/mol. The second kappa shape index (κ2) is 5.55. The quantitative estimate of drug-likeness (QED) is 0.900. The van der Waals surface area contributed by atoms with Crippen LogP contribution in [0.2, 0.25) is 0 Å². The Balaban J connectivity index is 1.98. The predicted octanol–water partition coefficient (Wildman–Crippen LogP) is 2.44. The molecule has 4 nitrogen and oxygen atoms in total. The van der Waals surface area contributed by atoms with Crippen LogP contribution in [0.15, 0.2) is 30.3 Å². The molecule has 19 heavy (non-hydrogen) atoms. The Labute approximate surface area is 115 Å². The van der Waals surface area contributed by atoms with E-state index in [1.807, 2.05) is 19.1 Å². The number of nitrogens with two attached hydrogens (primary N) is 1. The number of nitriles is 1. The van der Waals surface area contributed by atoms with Gasteiger partial charge >= 0.3 is 0 Å². The summed E-state index contributed by atoms with van der Waals surface area (Å²) in [6, 6.07) is 10.9. The lowest BCUT2D eigenvalue weighted by molar-refractivity contribution is 0.0955. The number of carbonyl (C=O) groups is 1. The van der Waals surface area contributed by atoms with Gasteiger partial charge in [0, 0.05) is 17.1 Å². The molecule has 0 radical (unpaired) electrons. The Morgan fingerprint density at radius 1 is 1.42 bits per heavy atom. The first-order valence-corrected chi connectivity index (χ1v) is 6.55. The van der Waals surface area contributed by atoms with Gasteiger partial charge in [0.15, 0.2) is 0 Å². The van der Waals surface area contributed by atoms with Gasteiger partial charge in [-0.3, -0.25) is 4.79 Å². The Morgan fingerprint density at radius 3 is 2.63 bits per heavy atom. The van der Waals surface area contributed by atoms with Gasteiger partial charge in [-0.1, -0.05) is 12.1 Å². The van der Waals surface area contributed by atoms with Gasteiger partial charge in [0.2, 0.25) is 0 Å². The third-order valence-corrected chi connectivity index (χ3v) is 3.78. The number of hydrogen-bond acceptors (Lipinski definition) is 4. The van der Waals surface area contributed by atoms with E-state index >= 15 is 0 Å². The lowest BCUT2D eigenvalue weighted by atomic mass is 10.1. The highest BCUT2D eigenvalue weighted by molar-refractivity contribution is 7.14. The van der Waals surface area contributed by atoms with Crippen molar-refractivity contribution in [2.24, 2.45) is 0 Å². The first kappa shape index (κ1) is 13.1. The molecule has 0 fully saturated rings. The van der Waals surface area contributed by atoms with Crippen molar-refractivity contribution < 1.29 is 4.79 Å². The van der Waals surface area contributed by atoms with Crippen LogP contribution in [0, 0.1) is 18.3 Å². The summed E-state index contributed by atoms with van der Waals surface area (Å²) in [4.78, 5) is 13.5. The Morgan fingerprint density at radius 2 is 2.11 bits per heavy atom. The van der Waals surface area contributed by atoms with Gasteiger partial charge in [0.05, 0.1) is 16.5 Å². The number of nitrogen functional groups attached to an aromatic ring is 1. The van der Waals surface area contributed by atoms with Crippen LogP contribution in [-0.4, -0.2) is 5.91 Å². The van der Waals surface area contributed by atoms with Crippen LogP contribution < -0.4 is 11.1 Å². The summed E-state index contributed by atoms with van der Waals surface area (Å²) in [5, 5.41) is 11.5. The molecule has 2 rings (SSSR count). The van der Waals surface area contributed by atoms with E-state index in [4.69, 9.17) is 11.0 Å². The van der Waals surface area contributed by atoms with E-state index in [1.165, 1.54) is 11.3 Å². The number of thiophene rings is 1. The molecule has 1 aromatic heterocycles. The number of rotatable bonds is 3. The van der Waals surface area contributed by atoms with E-state index in [-0.39, 0.29) is 5.91 Å². The zero-order valence-electron chi connectivity index (χ0n) is 10.4. The highest BCUT2D eigenvalue weighted by atomic mass is 32.1. The summed E-state index contributed by atoms with van der Waals surface area (Å²) in [6.07, 6.45) is 0.